The first-order valence-corrected chi connectivity index (χ1v) is 7.27. The summed E-state index contributed by atoms with van der Waals surface area (Å²) in [6.45, 7) is 5.79. The summed E-state index contributed by atoms with van der Waals surface area (Å²) in [5.41, 5.74) is 0. The van der Waals surface area contributed by atoms with Gasteiger partial charge in [-0.05, 0) is 38.6 Å². The predicted octanol–water partition coefficient (Wildman–Crippen LogP) is 2.12. The molecule has 0 saturated carbocycles. The Morgan fingerprint density at radius 1 is 1.22 bits per heavy atom. The third-order valence-electron chi connectivity index (χ3n) is 2.94. The van der Waals surface area contributed by atoms with E-state index in [9.17, 15) is 17.2 Å². The highest BCUT2D eigenvalue weighted by atomic mass is 32.2. The Balaban J connectivity index is 3.09. The van der Waals surface area contributed by atoms with Crippen LogP contribution >= 0.6 is 0 Å². The van der Waals surface area contributed by atoms with E-state index in [2.05, 4.69) is 5.32 Å². The fourth-order valence-electron chi connectivity index (χ4n) is 1.63. The van der Waals surface area contributed by atoms with Gasteiger partial charge in [-0.1, -0.05) is 6.92 Å². The van der Waals surface area contributed by atoms with E-state index in [0.717, 1.165) is 18.2 Å². The highest BCUT2D eigenvalue weighted by molar-refractivity contribution is 7.92. The van der Waals surface area contributed by atoms with Gasteiger partial charge in [0.1, 0.15) is 0 Å². The van der Waals surface area contributed by atoms with Crippen LogP contribution in [0.1, 0.15) is 20.8 Å². The zero-order valence-corrected chi connectivity index (χ0v) is 11.4. The fourth-order valence-corrected chi connectivity index (χ4v) is 3.21. The minimum atomic E-state index is -3.67. The quantitative estimate of drug-likeness (QED) is 0.839. The van der Waals surface area contributed by atoms with Gasteiger partial charge in [-0.2, -0.15) is 0 Å². The van der Waals surface area contributed by atoms with Crippen LogP contribution in [0.2, 0.25) is 0 Å². The smallest absolute Gasteiger partial charge is 0.182 e. The molecule has 0 aliphatic rings. The number of hydrogen-bond acceptors (Lipinski definition) is 3. The molecule has 18 heavy (non-hydrogen) atoms. The molecule has 1 N–H and O–H groups in total. The molecule has 2 atom stereocenters. The lowest BCUT2D eigenvalue weighted by Gasteiger charge is -2.21. The summed E-state index contributed by atoms with van der Waals surface area (Å²) in [7, 11) is -3.67. The molecule has 0 heterocycles. The van der Waals surface area contributed by atoms with E-state index in [1.165, 1.54) is 0 Å². The number of hydrogen-bond donors (Lipinski definition) is 1. The van der Waals surface area contributed by atoms with Crippen LogP contribution in [0.4, 0.5) is 8.78 Å². The Morgan fingerprint density at radius 3 is 2.33 bits per heavy atom. The molecule has 102 valence electrons. The molecule has 0 aromatic heterocycles. The van der Waals surface area contributed by atoms with Gasteiger partial charge in [-0.25, -0.2) is 17.2 Å². The number of benzene rings is 1. The van der Waals surface area contributed by atoms with E-state index in [0.29, 0.717) is 6.54 Å². The fraction of sp³-hybridized carbons (Fsp3) is 0.500. The molecule has 0 bridgehead atoms. The van der Waals surface area contributed by atoms with E-state index in [4.69, 9.17) is 0 Å². The predicted molar refractivity (Wildman–Crippen MR) is 66.1 cm³/mol. The summed E-state index contributed by atoms with van der Waals surface area (Å²) in [5, 5.41) is 2.28. The van der Waals surface area contributed by atoms with E-state index >= 15 is 0 Å². The highest BCUT2D eigenvalue weighted by Crippen LogP contribution is 2.20. The Bertz CT molecular complexity index is 517. The minimum Gasteiger partial charge on any atom is -0.313 e. The van der Waals surface area contributed by atoms with Crippen molar-refractivity contribution in [2.75, 3.05) is 6.54 Å². The number of sulfone groups is 1. The molecule has 3 nitrogen and oxygen atoms in total. The van der Waals surface area contributed by atoms with Crippen LogP contribution in [-0.4, -0.2) is 26.3 Å². The normalized spacial score (nSPS) is 15.4. The molecular weight excluding hydrogens is 260 g/mol. The van der Waals surface area contributed by atoms with Crippen molar-refractivity contribution in [3.63, 3.8) is 0 Å². The summed E-state index contributed by atoms with van der Waals surface area (Å²) < 4.78 is 50.2. The van der Waals surface area contributed by atoms with Crippen molar-refractivity contribution in [2.45, 2.75) is 37.0 Å². The van der Waals surface area contributed by atoms with E-state index in [-0.39, 0.29) is 10.9 Å². The van der Waals surface area contributed by atoms with Crippen molar-refractivity contribution >= 4 is 9.84 Å². The molecule has 0 spiro atoms. The number of halogens is 2. The number of nitrogens with one attached hydrogen (secondary N) is 1. The summed E-state index contributed by atoms with van der Waals surface area (Å²) in [4.78, 5) is -0.196. The van der Waals surface area contributed by atoms with Crippen LogP contribution in [0, 0.1) is 11.6 Å². The van der Waals surface area contributed by atoms with Gasteiger partial charge in [0.2, 0.25) is 0 Å². The molecule has 1 rings (SSSR count). The first kappa shape index (κ1) is 15.0. The Kier molecular flexibility index (Phi) is 4.81. The molecule has 1 aromatic rings. The van der Waals surface area contributed by atoms with Crippen LogP contribution in [-0.2, 0) is 9.84 Å². The van der Waals surface area contributed by atoms with Gasteiger partial charge >= 0.3 is 0 Å². The standard InChI is InChI=1S/C12H17F2NO2S/c1-4-15-8(2)9(3)18(16,17)10-5-6-11(13)12(14)7-10/h5-9,15H,4H2,1-3H3. The molecule has 2 unspecified atom stereocenters. The van der Waals surface area contributed by atoms with Crippen LogP contribution in [0.3, 0.4) is 0 Å². The molecule has 0 fully saturated rings. The van der Waals surface area contributed by atoms with Crippen LogP contribution < -0.4 is 5.32 Å². The molecule has 0 aliphatic heterocycles. The average Bonchev–Trinajstić information content (AvgIpc) is 2.31. The van der Waals surface area contributed by atoms with Crippen LogP contribution in [0.5, 0.6) is 0 Å². The number of rotatable bonds is 5. The topological polar surface area (TPSA) is 46.2 Å². The lowest BCUT2D eigenvalue weighted by molar-refractivity contribution is 0.501. The van der Waals surface area contributed by atoms with Gasteiger partial charge in [0.15, 0.2) is 21.5 Å². The van der Waals surface area contributed by atoms with Gasteiger partial charge < -0.3 is 5.32 Å². The zero-order valence-electron chi connectivity index (χ0n) is 10.6. The van der Waals surface area contributed by atoms with Gasteiger partial charge in [0, 0.05) is 6.04 Å². The molecular formula is C12H17F2NO2S. The van der Waals surface area contributed by atoms with Crippen LogP contribution in [0.15, 0.2) is 23.1 Å². The maximum absolute atomic E-state index is 13.1. The highest BCUT2D eigenvalue weighted by Gasteiger charge is 2.28. The monoisotopic (exact) mass is 277 g/mol. The summed E-state index contributed by atoms with van der Waals surface area (Å²) in [6.07, 6.45) is 0. The first-order valence-electron chi connectivity index (χ1n) is 5.73. The van der Waals surface area contributed by atoms with Crippen molar-refractivity contribution in [1.82, 2.24) is 5.32 Å². The van der Waals surface area contributed by atoms with Crippen molar-refractivity contribution in [3.8, 4) is 0 Å². The second-order valence-electron chi connectivity index (χ2n) is 4.17. The third-order valence-corrected chi connectivity index (χ3v) is 5.24. The molecule has 1 aromatic carbocycles. The lowest BCUT2D eigenvalue weighted by Crippen LogP contribution is -2.40. The van der Waals surface area contributed by atoms with E-state index < -0.39 is 26.7 Å². The second kappa shape index (κ2) is 5.75. The van der Waals surface area contributed by atoms with Crippen LogP contribution in [0.25, 0.3) is 0 Å². The van der Waals surface area contributed by atoms with Gasteiger partial charge in [0.05, 0.1) is 10.1 Å². The summed E-state index contributed by atoms with van der Waals surface area (Å²) in [5.74, 6) is -2.21. The molecule has 6 heteroatoms. The Hall–Kier alpha value is -1.01. The molecule has 0 aliphatic carbocycles. The van der Waals surface area contributed by atoms with Gasteiger partial charge in [0.25, 0.3) is 0 Å². The zero-order chi connectivity index (χ0) is 13.9. The van der Waals surface area contributed by atoms with E-state index in [1.54, 1.807) is 13.8 Å². The minimum absolute atomic E-state index is 0.196. The summed E-state index contributed by atoms with van der Waals surface area (Å²) in [6, 6.07) is 2.36. The molecule has 0 saturated heterocycles. The van der Waals surface area contributed by atoms with Crippen molar-refractivity contribution < 1.29 is 17.2 Å². The lowest BCUT2D eigenvalue weighted by atomic mass is 10.2. The maximum Gasteiger partial charge on any atom is 0.182 e. The van der Waals surface area contributed by atoms with E-state index in [1.807, 2.05) is 6.92 Å². The Labute approximate surface area is 106 Å². The largest absolute Gasteiger partial charge is 0.313 e. The molecule has 0 amide bonds. The van der Waals surface area contributed by atoms with Crippen molar-refractivity contribution in [2.24, 2.45) is 0 Å². The van der Waals surface area contributed by atoms with Crippen molar-refractivity contribution in [3.05, 3.63) is 29.8 Å². The third kappa shape index (κ3) is 3.05. The van der Waals surface area contributed by atoms with Gasteiger partial charge in [-0.15, -0.1) is 0 Å². The average molecular weight is 277 g/mol. The van der Waals surface area contributed by atoms with Crippen molar-refractivity contribution in [1.29, 1.82) is 0 Å². The SMILES string of the molecule is CCNC(C)C(C)S(=O)(=O)c1ccc(F)c(F)c1. The summed E-state index contributed by atoms with van der Waals surface area (Å²) >= 11 is 0. The molecule has 0 radical (unpaired) electrons. The Morgan fingerprint density at radius 2 is 1.83 bits per heavy atom. The second-order valence-corrected chi connectivity index (χ2v) is 6.48. The van der Waals surface area contributed by atoms with Gasteiger partial charge in [-0.3, -0.25) is 0 Å². The maximum atomic E-state index is 13.1. The first-order chi connectivity index (χ1) is 8.30.